The molecule has 0 aromatic heterocycles. The third kappa shape index (κ3) is 4.45. The first kappa shape index (κ1) is 20.9. The minimum Gasteiger partial charge on any atom is -0.493 e. The Morgan fingerprint density at radius 2 is 1.66 bits per heavy atom. The second kappa shape index (κ2) is 8.69. The lowest BCUT2D eigenvalue weighted by Gasteiger charge is -2.26. The Labute approximate surface area is 169 Å². The molecular weight excluding hydrogens is 399 g/mol. The minimum atomic E-state index is -4.12. The Hall–Kier alpha value is -2.81. The average Bonchev–Trinajstić information content (AvgIpc) is 3.27. The van der Waals surface area contributed by atoms with E-state index >= 15 is 0 Å². The molecule has 29 heavy (non-hydrogen) atoms. The summed E-state index contributed by atoms with van der Waals surface area (Å²) in [7, 11) is -1.27. The number of hydrogen-bond donors (Lipinski definition) is 0. The van der Waals surface area contributed by atoms with Crippen LogP contribution in [-0.2, 0) is 14.8 Å². The van der Waals surface area contributed by atoms with Gasteiger partial charge in [-0.3, -0.25) is 9.10 Å². The van der Waals surface area contributed by atoms with Crippen molar-refractivity contribution in [3.05, 3.63) is 48.3 Å². The quantitative estimate of drug-likeness (QED) is 0.686. The smallest absolute Gasteiger partial charge is 0.264 e. The number of rotatable bonds is 7. The van der Waals surface area contributed by atoms with Crippen LogP contribution in [-0.4, -0.2) is 53.1 Å². The van der Waals surface area contributed by atoms with Crippen molar-refractivity contribution in [1.29, 1.82) is 0 Å². The second-order valence-corrected chi connectivity index (χ2v) is 8.46. The number of hydrogen-bond acceptors (Lipinski definition) is 5. The maximum atomic E-state index is 13.4. The van der Waals surface area contributed by atoms with Gasteiger partial charge in [0.25, 0.3) is 10.0 Å². The number of anilines is 1. The fourth-order valence-corrected chi connectivity index (χ4v) is 4.65. The third-order valence-electron chi connectivity index (χ3n) is 4.80. The Kier molecular flexibility index (Phi) is 6.26. The van der Waals surface area contributed by atoms with E-state index in [-0.39, 0.29) is 28.8 Å². The van der Waals surface area contributed by atoms with Crippen LogP contribution in [0, 0.1) is 5.82 Å². The highest BCUT2D eigenvalue weighted by atomic mass is 32.2. The topological polar surface area (TPSA) is 76.2 Å². The van der Waals surface area contributed by atoms with E-state index in [1.54, 1.807) is 4.90 Å². The molecule has 0 aliphatic carbocycles. The van der Waals surface area contributed by atoms with Crippen molar-refractivity contribution in [2.75, 3.05) is 38.2 Å². The van der Waals surface area contributed by atoms with Gasteiger partial charge < -0.3 is 14.4 Å². The van der Waals surface area contributed by atoms with Gasteiger partial charge >= 0.3 is 0 Å². The van der Waals surface area contributed by atoms with E-state index in [0.717, 1.165) is 29.3 Å². The standard InChI is InChI=1S/C20H23FN2O5S/c1-27-18-10-9-17(13-19(18)28-2)29(25,26)23(16-7-5-15(21)6-8-16)14-20(24)22-11-3-4-12-22/h5-10,13H,3-4,11-12,14H2,1-2H3. The summed E-state index contributed by atoms with van der Waals surface area (Å²) >= 11 is 0. The number of likely N-dealkylation sites (tertiary alicyclic amines) is 1. The van der Waals surface area contributed by atoms with Crippen LogP contribution in [0.5, 0.6) is 11.5 Å². The molecule has 7 nitrogen and oxygen atoms in total. The summed E-state index contributed by atoms with van der Waals surface area (Å²) in [6, 6.07) is 9.20. The molecule has 1 heterocycles. The van der Waals surface area contributed by atoms with Crippen molar-refractivity contribution >= 4 is 21.6 Å². The summed E-state index contributed by atoms with van der Waals surface area (Å²) in [4.78, 5) is 14.3. The van der Waals surface area contributed by atoms with Crippen molar-refractivity contribution in [2.45, 2.75) is 17.7 Å². The predicted octanol–water partition coefficient (Wildman–Crippen LogP) is 2.66. The van der Waals surface area contributed by atoms with Crippen molar-refractivity contribution in [3.8, 4) is 11.5 Å². The van der Waals surface area contributed by atoms with Gasteiger partial charge in [0.05, 0.1) is 24.8 Å². The number of ether oxygens (including phenoxy) is 2. The first-order valence-corrected chi connectivity index (χ1v) is 10.6. The summed E-state index contributed by atoms with van der Waals surface area (Å²) < 4.78 is 51.5. The Bertz CT molecular complexity index is 973. The first-order chi connectivity index (χ1) is 13.9. The van der Waals surface area contributed by atoms with E-state index in [1.807, 2.05) is 0 Å². The van der Waals surface area contributed by atoms with Gasteiger partial charge in [-0.05, 0) is 49.2 Å². The molecule has 0 N–H and O–H groups in total. The highest BCUT2D eigenvalue weighted by Gasteiger charge is 2.30. The van der Waals surface area contributed by atoms with E-state index in [4.69, 9.17) is 9.47 Å². The Balaban J connectivity index is 2.01. The summed E-state index contributed by atoms with van der Waals surface area (Å²) in [6.07, 6.45) is 1.79. The molecule has 0 unspecified atom stereocenters. The van der Waals surface area contributed by atoms with Gasteiger partial charge in [-0.2, -0.15) is 0 Å². The van der Waals surface area contributed by atoms with Crippen molar-refractivity contribution in [2.24, 2.45) is 0 Å². The lowest BCUT2D eigenvalue weighted by Crippen LogP contribution is -2.42. The van der Waals surface area contributed by atoms with Crippen LogP contribution in [0.1, 0.15) is 12.8 Å². The molecule has 1 saturated heterocycles. The molecule has 0 atom stereocenters. The summed E-state index contributed by atoms with van der Waals surface area (Å²) in [5, 5.41) is 0. The Morgan fingerprint density at radius 3 is 2.24 bits per heavy atom. The van der Waals surface area contributed by atoms with Crippen molar-refractivity contribution < 1.29 is 27.1 Å². The van der Waals surface area contributed by atoms with Gasteiger partial charge in [-0.1, -0.05) is 0 Å². The van der Waals surface area contributed by atoms with Crippen LogP contribution in [0.25, 0.3) is 0 Å². The highest BCUT2D eigenvalue weighted by Crippen LogP contribution is 2.32. The highest BCUT2D eigenvalue weighted by molar-refractivity contribution is 7.92. The van der Waals surface area contributed by atoms with Crippen LogP contribution >= 0.6 is 0 Å². The van der Waals surface area contributed by atoms with Crippen LogP contribution in [0.15, 0.2) is 47.4 Å². The lowest BCUT2D eigenvalue weighted by atomic mass is 10.3. The molecule has 2 aromatic carbocycles. The van der Waals surface area contributed by atoms with Crippen molar-refractivity contribution in [1.82, 2.24) is 4.90 Å². The molecule has 0 spiro atoms. The van der Waals surface area contributed by atoms with Crippen LogP contribution in [0.3, 0.4) is 0 Å². The first-order valence-electron chi connectivity index (χ1n) is 9.15. The zero-order chi connectivity index (χ0) is 21.0. The minimum absolute atomic E-state index is 0.0614. The maximum absolute atomic E-state index is 13.4. The van der Waals surface area contributed by atoms with Gasteiger partial charge in [0, 0.05) is 19.2 Å². The summed E-state index contributed by atoms with van der Waals surface area (Å²) in [5.41, 5.74) is 0.203. The number of sulfonamides is 1. The third-order valence-corrected chi connectivity index (χ3v) is 6.57. The largest absolute Gasteiger partial charge is 0.493 e. The SMILES string of the molecule is COc1ccc(S(=O)(=O)N(CC(=O)N2CCCC2)c2ccc(F)cc2)cc1OC. The molecule has 9 heteroatoms. The molecule has 3 rings (SSSR count). The van der Waals surface area contributed by atoms with E-state index in [1.165, 1.54) is 44.6 Å². The van der Waals surface area contributed by atoms with E-state index in [9.17, 15) is 17.6 Å². The van der Waals surface area contributed by atoms with Gasteiger partial charge in [0.1, 0.15) is 12.4 Å². The summed E-state index contributed by atoms with van der Waals surface area (Å²) in [5.74, 6) is -0.162. The number of amides is 1. The number of carbonyl (C=O) groups excluding carboxylic acids is 1. The van der Waals surface area contributed by atoms with E-state index < -0.39 is 15.8 Å². The number of methoxy groups -OCH3 is 2. The number of halogens is 1. The molecule has 156 valence electrons. The van der Waals surface area contributed by atoms with Crippen LogP contribution in [0.2, 0.25) is 0 Å². The molecule has 0 radical (unpaired) electrons. The predicted molar refractivity (Wildman–Crippen MR) is 106 cm³/mol. The fourth-order valence-electron chi connectivity index (χ4n) is 3.22. The van der Waals surface area contributed by atoms with Gasteiger partial charge in [0.15, 0.2) is 11.5 Å². The van der Waals surface area contributed by atoms with Crippen LogP contribution in [0.4, 0.5) is 10.1 Å². The number of nitrogens with zero attached hydrogens (tertiary/aromatic N) is 2. The van der Waals surface area contributed by atoms with E-state index in [2.05, 4.69) is 0 Å². The van der Waals surface area contributed by atoms with Crippen LogP contribution < -0.4 is 13.8 Å². The second-order valence-electron chi connectivity index (χ2n) is 6.59. The molecule has 1 aliphatic heterocycles. The maximum Gasteiger partial charge on any atom is 0.264 e. The molecule has 0 bridgehead atoms. The summed E-state index contributed by atoms with van der Waals surface area (Å²) in [6.45, 7) is 0.835. The number of carbonyl (C=O) groups is 1. The zero-order valence-electron chi connectivity index (χ0n) is 16.3. The molecule has 1 amide bonds. The molecule has 1 fully saturated rings. The number of benzene rings is 2. The lowest BCUT2D eigenvalue weighted by molar-refractivity contribution is -0.128. The molecular formula is C20H23FN2O5S. The fraction of sp³-hybridized carbons (Fsp3) is 0.350. The normalized spacial score (nSPS) is 14.0. The molecule has 0 saturated carbocycles. The monoisotopic (exact) mass is 422 g/mol. The molecule has 2 aromatic rings. The van der Waals surface area contributed by atoms with Gasteiger partial charge in [-0.15, -0.1) is 0 Å². The molecule has 1 aliphatic rings. The van der Waals surface area contributed by atoms with Gasteiger partial charge in [0.2, 0.25) is 5.91 Å². The average molecular weight is 422 g/mol. The Morgan fingerprint density at radius 1 is 1.03 bits per heavy atom. The zero-order valence-corrected chi connectivity index (χ0v) is 17.1. The van der Waals surface area contributed by atoms with Gasteiger partial charge in [-0.25, -0.2) is 12.8 Å². The van der Waals surface area contributed by atoms with E-state index in [0.29, 0.717) is 18.8 Å². The van der Waals surface area contributed by atoms with Crippen molar-refractivity contribution in [3.63, 3.8) is 0 Å².